The van der Waals surface area contributed by atoms with Crippen molar-refractivity contribution >= 4 is 16.2 Å². The lowest BCUT2D eigenvalue weighted by atomic mass is 9.83. The Balaban J connectivity index is 4.65. The third kappa shape index (κ3) is 3.77. The third-order valence-electron chi connectivity index (χ3n) is 2.68. The van der Waals surface area contributed by atoms with Gasteiger partial charge in [0, 0.05) is 13.6 Å². The fourth-order valence-corrected chi connectivity index (χ4v) is 1.79. The molecule has 0 rings (SSSR count). The van der Waals surface area contributed by atoms with E-state index in [1.807, 2.05) is 0 Å². The average Bonchev–Trinajstić information content (AvgIpc) is 2.20. The van der Waals surface area contributed by atoms with Crippen LogP contribution < -0.4 is 9.44 Å². The van der Waals surface area contributed by atoms with E-state index >= 15 is 0 Å². The van der Waals surface area contributed by atoms with Crippen LogP contribution >= 0.6 is 0 Å². The molecule has 0 fully saturated rings. The summed E-state index contributed by atoms with van der Waals surface area (Å²) in [6, 6.07) is 0. The number of carboxylic acids is 1. The molecular formula is C8H18N2O4S. The normalized spacial score (nSPS) is 12.7. The van der Waals surface area contributed by atoms with Gasteiger partial charge < -0.3 is 5.11 Å². The van der Waals surface area contributed by atoms with Gasteiger partial charge in [-0.2, -0.15) is 8.42 Å². The molecule has 0 bridgehead atoms. The van der Waals surface area contributed by atoms with Crippen molar-refractivity contribution in [2.24, 2.45) is 5.41 Å². The van der Waals surface area contributed by atoms with Crippen molar-refractivity contribution in [1.29, 1.82) is 0 Å². The van der Waals surface area contributed by atoms with Crippen LogP contribution in [0.4, 0.5) is 0 Å². The lowest BCUT2D eigenvalue weighted by Gasteiger charge is -2.26. The maximum atomic E-state index is 11.1. The van der Waals surface area contributed by atoms with E-state index in [2.05, 4.69) is 9.44 Å². The van der Waals surface area contributed by atoms with Crippen LogP contribution in [0.1, 0.15) is 26.7 Å². The second kappa shape index (κ2) is 5.43. The zero-order valence-corrected chi connectivity index (χ0v) is 10.0. The predicted molar refractivity (Wildman–Crippen MR) is 56.6 cm³/mol. The monoisotopic (exact) mass is 238 g/mol. The topological polar surface area (TPSA) is 95.5 Å². The highest BCUT2D eigenvalue weighted by Crippen LogP contribution is 2.25. The van der Waals surface area contributed by atoms with E-state index in [1.165, 1.54) is 7.05 Å². The van der Waals surface area contributed by atoms with Crippen molar-refractivity contribution in [3.8, 4) is 0 Å². The molecule has 0 aliphatic heterocycles. The number of hydrogen-bond donors (Lipinski definition) is 3. The van der Waals surface area contributed by atoms with E-state index in [4.69, 9.17) is 5.11 Å². The van der Waals surface area contributed by atoms with Crippen molar-refractivity contribution in [1.82, 2.24) is 9.44 Å². The summed E-state index contributed by atoms with van der Waals surface area (Å²) in [6.07, 6.45) is 0.760. The van der Waals surface area contributed by atoms with Gasteiger partial charge in [-0.25, -0.2) is 9.44 Å². The summed E-state index contributed by atoms with van der Waals surface area (Å²) in [4.78, 5) is 11.0. The summed E-state index contributed by atoms with van der Waals surface area (Å²) >= 11 is 0. The zero-order valence-electron chi connectivity index (χ0n) is 9.20. The van der Waals surface area contributed by atoms with Crippen molar-refractivity contribution in [2.75, 3.05) is 13.6 Å². The van der Waals surface area contributed by atoms with Crippen molar-refractivity contribution in [3.05, 3.63) is 0 Å². The van der Waals surface area contributed by atoms with Gasteiger partial charge in [0.2, 0.25) is 0 Å². The van der Waals surface area contributed by atoms with Crippen molar-refractivity contribution < 1.29 is 18.3 Å². The number of rotatable bonds is 7. The summed E-state index contributed by atoms with van der Waals surface area (Å²) in [5.41, 5.74) is -1.02. The fraction of sp³-hybridized carbons (Fsp3) is 0.875. The summed E-state index contributed by atoms with van der Waals surface area (Å²) < 4.78 is 26.5. The molecule has 0 heterocycles. The largest absolute Gasteiger partial charge is 0.481 e. The Morgan fingerprint density at radius 2 is 1.80 bits per heavy atom. The molecule has 0 aromatic rings. The van der Waals surface area contributed by atoms with Crippen LogP contribution in [0.5, 0.6) is 0 Å². The van der Waals surface area contributed by atoms with E-state index in [1.54, 1.807) is 13.8 Å². The summed E-state index contributed by atoms with van der Waals surface area (Å²) in [6.45, 7) is 3.36. The molecule has 0 aromatic heterocycles. The van der Waals surface area contributed by atoms with Gasteiger partial charge in [-0.05, 0) is 12.8 Å². The molecular weight excluding hydrogens is 220 g/mol. The summed E-state index contributed by atoms with van der Waals surface area (Å²) in [5.74, 6) is -0.980. The maximum Gasteiger partial charge on any atom is 0.310 e. The van der Waals surface area contributed by atoms with Crippen LogP contribution in [0, 0.1) is 5.41 Å². The van der Waals surface area contributed by atoms with Gasteiger partial charge in [0.1, 0.15) is 0 Å². The molecule has 0 aliphatic rings. The number of carbonyl (C=O) groups is 1. The summed E-state index contributed by atoms with van der Waals surface area (Å²) in [7, 11) is -2.30. The SMILES string of the molecule is CCC(CC)(CNS(=O)(=O)NC)C(=O)O. The minimum absolute atomic E-state index is 0.0987. The Morgan fingerprint density at radius 1 is 1.33 bits per heavy atom. The molecule has 90 valence electrons. The highest BCUT2D eigenvalue weighted by atomic mass is 32.2. The average molecular weight is 238 g/mol. The van der Waals surface area contributed by atoms with Gasteiger partial charge in [-0.3, -0.25) is 4.79 Å². The van der Waals surface area contributed by atoms with E-state index in [0.29, 0.717) is 12.8 Å². The molecule has 0 amide bonds. The molecule has 0 saturated carbocycles. The number of carboxylic acid groups (broad SMARTS) is 1. The molecule has 0 aliphatic carbocycles. The van der Waals surface area contributed by atoms with E-state index in [0.717, 1.165) is 0 Å². The van der Waals surface area contributed by atoms with Gasteiger partial charge in [0.15, 0.2) is 0 Å². The number of nitrogens with one attached hydrogen (secondary N) is 2. The van der Waals surface area contributed by atoms with Crippen LogP contribution in [0.15, 0.2) is 0 Å². The Kier molecular flexibility index (Phi) is 5.19. The first-order valence-electron chi connectivity index (χ1n) is 4.75. The molecule has 15 heavy (non-hydrogen) atoms. The highest BCUT2D eigenvalue weighted by molar-refractivity contribution is 7.87. The van der Waals surface area contributed by atoms with E-state index < -0.39 is 21.6 Å². The van der Waals surface area contributed by atoms with Gasteiger partial charge in [-0.15, -0.1) is 0 Å². The molecule has 0 radical (unpaired) electrons. The molecule has 7 heteroatoms. The van der Waals surface area contributed by atoms with Gasteiger partial charge >= 0.3 is 5.97 Å². The first-order chi connectivity index (χ1) is 6.83. The standard InChI is InChI=1S/C8H18N2O4S/c1-4-8(5-2,7(11)12)6-10-15(13,14)9-3/h9-10H,4-6H2,1-3H3,(H,11,12). The third-order valence-corrected chi connectivity index (χ3v) is 3.74. The Hall–Kier alpha value is -0.660. The smallest absolute Gasteiger partial charge is 0.310 e. The fourth-order valence-electron chi connectivity index (χ4n) is 1.18. The zero-order chi connectivity index (χ0) is 12.1. The van der Waals surface area contributed by atoms with Crippen LogP contribution in [-0.2, 0) is 15.0 Å². The molecule has 0 atom stereocenters. The van der Waals surface area contributed by atoms with E-state index in [9.17, 15) is 13.2 Å². The second-order valence-corrected chi connectivity index (χ2v) is 5.03. The number of aliphatic carboxylic acids is 1. The van der Waals surface area contributed by atoms with Crippen molar-refractivity contribution in [2.45, 2.75) is 26.7 Å². The lowest BCUT2D eigenvalue weighted by molar-refractivity contribution is -0.149. The Labute approximate surface area is 90.2 Å². The molecule has 0 saturated heterocycles. The van der Waals surface area contributed by atoms with Crippen LogP contribution in [0.2, 0.25) is 0 Å². The quantitative estimate of drug-likeness (QED) is 0.578. The molecule has 6 nitrogen and oxygen atoms in total. The van der Waals surface area contributed by atoms with E-state index in [-0.39, 0.29) is 6.54 Å². The van der Waals surface area contributed by atoms with Gasteiger partial charge in [-0.1, -0.05) is 13.8 Å². The Morgan fingerprint density at radius 3 is 2.07 bits per heavy atom. The van der Waals surface area contributed by atoms with Gasteiger partial charge in [0.05, 0.1) is 5.41 Å². The lowest BCUT2D eigenvalue weighted by Crippen LogP contribution is -2.45. The Bertz CT molecular complexity index is 309. The molecule has 0 spiro atoms. The minimum atomic E-state index is -3.57. The van der Waals surface area contributed by atoms with Crippen LogP contribution in [0.3, 0.4) is 0 Å². The van der Waals surface area contributed by atoms with Gasteiger partial charge in [0.25, 0.3) is 10.2 Å². The minimum Gasteiger partial charge on any atom is -0.481 e. The second-order valence-electron chi connectivity index (χ2n) is 3.32. The summed E-state index contributed by atoms with van der Waals surface area (Å²) in [5, 5.41) is 9.04. The first kappa shape index (κ1) is 14.3. The molecule has 3 N–H and O–H groups in total. The van der Waals surface area contributed by atoms with Crippen LogP contribution in [0.25, 0.3) is 0 Å². The molecule has 0 aromatic carbocycles. The van der Waals surface area contributed by atoms with Crippen molar-refractivity contribution in [3.63, 3.8) is 0 Å². The molecule has 0 unspecified atom stereocenters. The predicted octanol–water partition coefficient (Wildman–Crippen LogP) is -0.0688. The number of hydrogen-bond acceptors (Lipinski definition) is 3. The van der Waals surface area contributed by atoms with Crippen LogP contribution in [-0.4, -0.2) is 33.1 Å². The maximum absolute atomic E-state index is 11.1. The first-order valence-corrected chi connectivity index (χ1v) is 6.23. The highest BCUT2D eigenvalue weighted by Gasteiger charge is 2.35.